The van der Waals surface area contributed by atoms with Gasteiger partial charge in [0.1, 0.15) is 6.54 Å². The number of ether oxygens (including phenoxy) is 1. The van der Waals surface area contributed by atoms with Crippen LogP contribution in [0.1, 0.15) is 5.56 Å². The molecule has 7 nitrogen and oxygen atoms in total. The molecule has 0 bridgehead atoms. The van der Waals surface area contributed by atoms with E-state index in [0.717, 1.165) is 5.56 Å². The highest BCUT2D eigenvalue weighted by Crippen LogP contribution is 2.11. The molecule has 0 unspecified atom stereocenters. The fourth-order valence-electron chi connectivity index (χ4n) is 2.04. The molecule has 0 heterocycles. The number of hydrogen-bond donors (Lipinski definition) is 1. The summed E-state index contributed by atoms with van der Waals surface area (Å²) in [5.74, 6) is -1.26. The summed E-state index contributed by atoms with van der Waals surface area (Å²) in [5.41, 5.74) is 1.58. The Labute approximate surface area is 152 Å². The van der Waals surface area contributed by atoms with Crippen LogP contribution < -0.4 is 9.62 Å². The lowest BCUT2D eigenvalue weighted by molar-refractivity contribution is -0.146. The van der Waals surface area contributed by atoms with Crippen molar-refractivity contribution < 1.29 is 22.7 Å². The molecule has 0 radical (unpaired) electrons. The second kappa shape index (κ2) is 8.59. The molecule has 2 aromatic rings. The molecule has 2 rings (SSSR count). The molecule has 1 amide bonds. The zero-order valence-electron chi connectivity index (χ0n) is 14.5. The minimum absolute atomic E-state index is 0.0517. The Morgan fingerprint density at radius 3 is 2.27 bits per heavy atom. The lowest BCUT2D eigenvalue weighted by atomic mass is 10.2. The van der Waals surface area contributed by atoms with E-state index in [4.69, 9.17) is 4.74 Å². The number of aryl methyl sites for hydroxylation is 1. The first-order valence-corrected chi connectivity index (χ1v) is 9.31. The number of carbonyl (C=O) groups excluding carboxylic acids is 2. The Balaban J connectivity index is 1.83. The topological polar surface area (TPSA) is 92.8 Å². The summed E-state index contributed by atoms with van der Waals surface area (Å²) in [4.78, 5) is 25.1. The summed E-state index contributed by atoms with van der Waals surface area (Å²) in [5, 5.41) is 0. The lowest BCUT2D eigenvalue weighted by Crippen LogP contribution is -2.34. The maximum atomic E-state index is 12.1. The van der Waals surface area contributed by atoms with Crippen LogP contribution in [0.15, 0.2) is 59.5 Å². The summed E-state index contributed by atoms with van der Waals surface area (Å²) in [7, 11) is -2.26. The van der Waals surface area contributed by atoms with E-state index >= 15 is 0 Å². The minimum atomic E-state index is -3.82. The van der Waals surface area contributed by atoms with Crippen LogP contribution in [0, 0.1) is 6.92 Å². The van der Waals surface area contributed by atoms with Gasteiger partial charge >= 0.3 is 5.97 Å². The van der Waals surface area contributed by atoms with Gasteiger partial charge in [-0.1, -0.05) is 35.9 Å². The van der Waals surface area contributed by atoms with Crippen molar-refractivity contribution >= 4 is 27.6 Å². The van der Waals surface area contributed by atoms with Crippen LogP contribution >= 0.6 is 0 Å². The van der Waals surface area contributed by atoms with Crippen LogP contribution in [-0.4, -0.2) is 40.5 Å². The van der Waals surface area contributed by atoms with E-state index in [9.17, 15) is 18.0 Å². The summed E-state index contributed by atoms with van der Waals surface area (Å²) in [6.07, 6.45) is 0. The molecule has 0 fully saturated rings. The van der Waals surface area contributed by atoms with E-state index < -0.39 is 35.1 Å². The Morgan fingerprint density at radius 2 is 1.65 bits per heavy atom. The van der Waals surface area contributed by atoms with Crippen molar-refractivity contribution in [3.63, 3.8) is 0 Å². The van der Waals surface area contributed by atoms with E-state index in [1.165, 1.54) is 17.0 Å². The molecular formula is C18H20N2O5S. The average molecular weight is 376 g/mol. The van der Waals surface area contributed by atoms with Crippen LogP contribution in [0.2, 0.25) is 0 Å². The smallest absolute Gasteiger partial charge is 0.321 e. The number of esters is 1. The van der Waals surface area contributed by atoms with Crippen LogP contribution in [0.3, 0.4) is 0 Å². The maximum absolute atomic E-state index is 12.1. The number of para-hydroxylation sites is 1. The molecule has 0 spiro atoms. The molecule has 26 heavy (non-hydrogen) atoms. The van der Waals surface area contributed by atoms with Crippen molar-refractivity contribution in [2.75, 3.05) is 25.1 Å². The first kappa shape index (κ1) is 19.6. The first-order valence-electron chi connectivity index (χ1n) is 7.83. The monoisotopic (exact) mass is 376 g/mol. The number of anilines is 1. The molecule has 0 saturated heterocycles. The Morgan fingerprint density at radius 1 is 1.04 bits per heavy atom. The third kappa shape index (κ3) is 5.40. The van der Waals surface area contributed by atoms with Crippen molar-refractivity contribution in [1.29, 1.82) is 0 Å². The number of hydrogen-bond acceptors (Lipinski definition) is 5. The van der Waals surface area contributed by atoms with Crippen LogP contribution in [-0.2, 0) is 24.3 Å². The highest BCUT2D eigenvalue weighted by Gasteiger charge is 2.17. The molecule has 0 aliphatic carbocycles. The quantitative estimate of drug-likeness (QED) is 0.739. The molecule has 2 aromatic carbocycles. The number of carbonyl (C=O) groups is 2. The van der Waals surface area contributed by atoms with Crippen molar-refractivity contribution in [3.8, 4) is 0 Å². The van der Waals surface area contributed by atoms with Crippen molar-refractivity contribution in [3.05, 3.63) is 60.2 Å². The van der Waals surface area contributed by atoms with E-state index in [2.05, 4.69) is 4.72 Å². The normalized spacial score (nSPS) is 11.0. The average Bonchev–Trinajstić information content (AvgIpc) is 2.65. The maximum Gasteiger partial charge on any atom is 0.321 e. The van der Waals surface area contributed by atoms with Gasteiger partial charge in [-0.15, -0.1) is 0 Å². The highest BCUT2D eigenvalue weighted by molar-refractivity contribution is 7.89. The minimum Gasteiger partial charge on any atom is -0.455 e. The van der Waals surface area contributed by atoms with Gasteiger partial charge in [0.25, 0.3) is 5.91 Å². The van der Waals surface area contributed by atoms with Gasteiger partial charge in [0.15, 0.2) is 6.61 Å². The zero-order chi connectivity index (χ0) is 19.2. The number of amides is 1. The third-order valence-electron chi connectivity index (χ3n) is 3.61. The molecule has 0 saturated carbocycles. The lowest BCUT2D eigenvalue weighted by Gasteiger charge is -2.17. The summed E-state index contributed by atoms with van der Waals surface area (Å²) in [6, 6.07) is 15.1. The predicted molar refractivity (Wildman–Crippen MR) is 97.2 cm³/mol. The van der Waals surface area contributed by atoms with E-state index in [-0.39, 0.29) is 4.90 Å². The number of likely N-dealkylation sites (N-methyl/N-ethyl adjacent to an activating group) is 1. The summed E-state index contributed by atoms with van der Waals surface area (Å²) >= 11 is 0. The van der Waals surface area contributed by atoms with Gasteiger partial charge in [-0.3, -0.25) is 9.59 Å². The van der Waals surface area contributed by atoms with E-state index in [1.54, 1.807) is 43.4 Å². The summed E-state index contributed by atoms with van der Waals surface area (Å²) < 4.78 is 31.2. The number of nitrogens with one attached hydrogen (secondary N) is 1. The van der Waals surface area contributed by atoms with Crippen LogP contribution in [0.25, 0.3) is 0 Å². The van der Waals surface area contributed by atoms with Gasteiger partial charge in [0.05, 0.1) is 4.90 Å². The standard InChI is InChI=1S/C18H20N2O5S/c1-14-8-10-16(11-9-14)26(23,24)19-12-18(22)25-13-17(21)20(2)15-6-4-3-5-7-15/h3-11,19H,12-13H2,1-2H3. The molecule has 138 valence electrons. The second-order valence-corrected chi connectivity index (χ2v) is 7.35. The molecule has 0 atom stereocenters. The largest absolute Gasteiger partial charge is 0.455 e. The number of nitrogens with zero attached hydrogens (tertiary/aromatic N) is 1. The van der Waals surface area contributed by atoms with Crippen LogP contribution in [0.4, 0.5) is 5.69 Å². The number of rotatable bonds is 7. The van der Waals surface area contributed by atoms with Crippen molar-refractivity contribution in [2.24, 2.45) is 0 Å². The molecule has 0 aromatic heterocycles. The highest BCUT2D eigenvalue weighted by atomic mass is 32.2. The van der Waals surface area contributed by atoms with Crippen LogP contribution in [0.5, 0.6) is 0 Å². The Kier molecular flexibility index (Phi) is 6.48. The zero-order valence-corrected chi connectivity index (χ0v) is 15.3. The fourth-order valence-corrected chi connectivity index (χ4v) is 3.01. The second-order valence-electron chi connectivity index (χ2n) is 5.59. The fraction of sp³-hybridized carbons (Fsp3) is 0.222. The van der Waals surface area contributed by atoms with Gasteiger partial charge in [0.2, 0.25) is 10.0 Å². The predicted octanol–water partition coefficient (Wildman–Crippen LogP) is 1.48. The SMILES string of the molecule is Cc1ccc(S(=O)(=O)NCC(=O)OCC(=O)N(C)c2ccccc2)cc1. The van der Waals surface area contributed by atoms with Crippen molar-refractivity contribution in [2.45, 2.75) is 11.8 Å². The van der Waals surface area contributed by atoms with Gasteiger partial charge in [-0.25, -0.2) is 8.42 Å². The number of benzene rings is 2. The van der Waals surface area contributed by atoms with E-state index in [1.807, 2.05) is 13.0 Å². The first-order chi connectivity index (χ1) is 12.3. The molecule has 1 N–H and O–H groups in total. The van der Waals surface area contributed by atoms with Gasteiger partial charge < -0.3 is 9.64 Å². The van der Waals surface area contributed by atoms with Gasteiger partial charge in [-0.05, 0) is 31.2 Å². The van der Waals surface area contributed by atoms with Gasteiger partial charge in [-0.2, -0.15) is 4.72 Å². The molecule has 8 heteroatoms. The Bertz CT molecular complexity index is 864. The number of sulfonamides is 1. The van der Waals surface area contributed by atoms with Crippen molar-refractivity contribution in [1.82, 2.24) is 4.72 Å². The van der Waals surface area contributed by atoms with Gasteiger partial charge in [0, 0.05) is 12.7 Å². The summed E-state index contributed by atoms with van der Waals surface area (Å²) in [6.45, 7) is 0.805. The Hall–Kier alpha value is -2.71. The molecular weight excluding hydrogens is 356 g/mol. The molecule has 0 aliphatic rings. The molecule has 0 aliphatic heterocycles. The third-order valence-corrected chi connectivity index (χ3v) is 5.03. The van der Waals surface area contributed by atoms with E-state index in [0.29, 0.717) is 5.69 Å².